The highest BCUT2D eigenvalue weighted by Gasteiger charge is 2.34. The molecular formula is C30H34FN5O3. The number of aliphatic hydroxyl groups is 1. The molecule has 0 amide bonds. The van der Waals surface area contributed by atoms with Crippen LogP contribution in [0.3, 0.4) is 0 Å². The Balaban J connectivity index is 1.35. The summed E-state index contributed by atoms with van der Waals surface area (Å²) in [7, 11) is 1.69. The lowest BCUT2D eigenvalue weighted by Gasteiger charge is -2.48. The number of aromatic amines is 1. The van der Waals surface area contributed by atoms with Crippen molar-refractivity contribution in [3.05, 3.63) is 76.6 Å². The topological polar surface area (TPSA) is 85.8 Å². The van der Waals surface area contributed by atoms with E-state index in [2.05, 4.69) is 20.1 Å². The van der Waals surface area contributed by atoms with Crippen molar-refractivity contribution in [3.63, 3.8) is 0 Å². The van der Waals surface area contributed by atoms with Crippen LogP contribution in [0.4, 0.5) is 10.1 Å². The van der Waals surface area contributed by atoms with Crippen molar-refractivity contribution in [3.8, 4) is 22.6 Å². The van der Waals surface area contributed by atoms with Gasteiger partial charge in [0.2, 0.25) is 0 Å². The van der Waals surface area contributed by atoms with E-state index in [0.29, 0.717) is 34.1 Å². The fourth-order valence-corrected chi connectivity index (χ4v) is 5.56. The van der Waals surface area contributed by atoms with Crippen molar-refractivity contribution in [2.75, 3.05) is 44.2 Å². The maximum Gasteiger partial charge on any atom is 0.274 e. The normalized spacial score (nSPS) is 17.0. The fourth-order valence-electron chi connectivity index (χ4n) is 5.56. The molecule has 0 unspecified atom stereocenters. The van der Waals surface area contributed by atoms with Crippen molar-refractivity contribution in [2.24, 2.45) is 7.05 Å². The van der Waals surface area contributed by atoms with Gasteiger partial charge in [-0.05, 0) is 49.7 Å². The number of piperazine rings is 1. The quantitative estimate of drug-likeness (QED) is 0.351. The molecule has 4 heterocycles. The van der Waals surface area contributed by atoms with Gasteiger partial charge in [0.1, 0.15) is 11.3 Å². The van der Waals surface area contributed by atoms with Gasteiger partial charge in [0.15, 0.2) is 11.6 Å². The van der Waals surface area contributed by atoms with Crippen LogP contribution in [0, 0.1) is 5.82 Å². The number of H-pyrrole nitrogens is 1. The molecule has 2 fully saturated rings. The molecule has 2 aliphatic rings. The predicted molar refractivity (Wildman–Crippen MR) is 151 cm³/mol. The fraction of sp³-hybridized carbons (Fsp3) is 0.367. The van der Waals surface area contributed by atoms with E-state index >= 15 is 4.39 Å². The Labute approximate surface area is 226 Å². The van der Waals surface area contributed by atoms with E-state index in [1.165, 1.54) is 4.57 Å². The Bertz CT molecular complexity index is 1580. The van der Waals surface area contributed by atoms with Crippen LogP contribution in [0.25, 0.3) is 22.0 Å². The van der Waals surface area contributed by atoms with Gasteiger partial charge in [-0.3, -0.25) is 9.69 Å². The van der Waals surface area contributed by atoms with E-state index in [1.807, 2.05) is 18.2 Å². The van der Waals surface area contributed by atoms with E-state index < -0.39 is 11.4 Å². The minimum absolute atomic E-state index is 0.130. The van der Waals surface area contributed by atoms with Gasteiger partial charge >= 0.3 is 0 Å². The first-order valence-electron chi connectivity index (χ1n) is 13.4. The van der Waals surface area contributed by atoms with Crippen LogP contribution >= 0.6 is 0 Å². The maximum atomic E-state index is 15.8. The number of hydrogen-bond acceptors (Lipinski definition) is 6. The van der Waals surface area contributed by atoms with Crippen LogP contribution in [-0.2, 0) is 12.6 Å². The van der Waals surface area contributed by atoms with Crippen molar-refractivity contribution in [1.82, 2.24) is 19.8 Å². The summed E-state index contributed by atoms with van der Waals surface area (Å²) in [5, 5.41) is 14.8. The first-order chi connectivity index (χ1) is 18.7. The minimum atomic E-state index is -1.10. The number of ether oxygens (including phenoxy) is 1. The number of pyridine rings is 1. The molecule has 0 aliphatic carbocycles. The molecule has 6 rings (SSSR count). The van der Waals surface area contributed by atoms with Crippen LogP contribution in [0.5, 0.6) is 11.5 Å². The molecule has 9 heteroatoms. The van der Waals surface area contributed by atoms with E-state index in [-0.39, 0.29) is 11.3 Å². The van der Waals surface area contributed by atoms with Crippen LogP contribution in [0.15, 0.2) is 59.7 Å². The number of rotatable bonds is 6. The average molecular weight is 532 g/mol. The lowest BCUT2D eigenvalue weighted by molar-refractivity contribution is 0.0786. The van der Waals surface area contributed by atoms with Gasteiger partial charge < -0.3 is 29.6 Å². The van der Waals surface area contributed by atoms with E-state index in [4.69, 9.17) is 4.74 Å². The first kappa shape index (κ1) is 25.6. The first-order valence-corrected chi connectivity index (χ1v) is 13.4. The molecule has 3 N–H and O–H groups in total. The molecular weight excluding hydrogens is 497 g/mol. The molecule has 204 valence electrons. The number of halogens is 1. The molecule has 0 bridgehead atoms. The van der Waals surface area contributed by atoms with Gasteiger partial charge in [-0.25, -0.2) is 4.39 Å². The SMILES string of the molecule is Cn1cc(-c2cc(C(C)(C)O)ccc2Oc2cccc(N3CC(N4CCNCC4)C3)c2F)c2cc[nH]c2c1=O. The summed E-state index contributed by atoms with van der Waals surface area (Å²) in [5.41, 5.74) is 1.83. The molecule has 2 aromatic heterocycles. The van der Waals surface area contributed by atoms with E-state index in [0.717, 1.165) is 50.2 Å². The lowest BCUT2D eigenvalue weighted by atomic mass is 9.93. The van der Waals surface area contributed by atoms with Crippen LogP contribution in [-0.4, -0.2) is 64.9 Å². The van der Waals surface area contributed by atoms with E-state index in [9.17, 15) is 9.90 Å². The molecule has 0 radical (unpaired) electrons. The minimum Gasteiger partial charge on any atom is -0.454 e. The molecule has 2 aliphatic heterocycles. The van der Waals surface area contributed by atoms with Gasteiger partial charge in [-0.15, -0.1) is 0 Å². The summed E-state index contributed by atoms with van der Waals surface area (Å²) in [6.45, 7) is 9.03. The summed E-state index contributed by atoms with van der Waals surface area (Å²) in [6, 6.07) is 12.9. The number of benzene rings is 2. The number of fused-ring (bicyclic) bond motifs is 1. The maximum absolute atomic E-state index is 15.8. The second-order valence-electron chi connectivity index (χ2n) is 11.0. The molecule has 8 nitrogen and oxygen atoms in total. The number of anilines is 1. The second kappa shape index (κ2) is 9.82. The zero-order valence-electron chi connectivity index (χ0n) is 22.5. The van der Waals surface area contributed by atoms with Crippen molar-refractivity contribution < 1.29 is 14.2 Å². The van der Waals surface area contributed by atoms with Crippen LogP contribution in [0.2, 0.25) is 0 Å². The lowest BCUT2D eigenvalue weighted by Crippen LogP contribution is -2.63. The van der Waals surface area contributed by atoms with E-state index in [1.54, 1.807) is 57.6 Å². The number of nitrogens with zero attached hydrogens (tertiary/aromatic N) is 3. The number of aromatic nitrogens is 2. The standard InChI is InChI=1S/C30H34FN5O3/c1-30(2,38)19-7-8-25(22(15-19)23-18-34(3)29(37)28-21(23)9-10-33-28)39-26-6-4-5-24(27(26)31)36-16-20(17-36)35-13-11-32-12-14-35/h4-10,15,18,20,32-33,38H,11-14,16-17H2,1-3H3. The van der Waals surface area contributed by atoms with Crippen molar-refractivity contribution >= 4 is 16.6 Å². The van der Waals surface area contributed by atoms with Gasteiger partial charge in [0.05, 0.1) is 11.3 Å². The Kier molecular flexibility index (Phi) is 6.45. The second-order valence-corrected chi connectivity index (χ2v) is 11.0. The summed E-state index contributed by atoms with van der Waals surface area (Å²) in [5.74, 6) is 0.161. The molecule has 4 aromatic rings. The summed E-state index contributed by atoms with van der Waals surface area (Å²) < 4.78 is 23.6. The Hall–Kier alpha value is -3.66. The van der Waals surface area contributed by atoms with Gasteiger partial charge in [-0.2, -0.15) is 0 Å². The average Bonchev–Trinajstić information content (AvgIpc) is 3.38. The monoisotopic (exact) mass is 531 g/mol. The van der Waals surface area contributed by atoms with Gasteiger partial charge in [0, 0.05) is 81.3 Å². The molecule has 0 saturated carbocycles. The van der Waals surface area contributed by atoms with Crippen molar-refractivity contribution in [2.45, 2.75) is 25.5 Å². The van der Waals surface area contributed by atoms with Gasteiger partial charge in [-0.1, -0.05) is 12.1 Å². The van der Waals surface area contributed by atoms with Crippen LogP contribution < -0.4 is 20.5 Å². The molecule has 2 saturated heterocycles. The zero-order valence-corrected chi connectivity index (χ0v) is 22.5. The summed E-state index contributed by atoms with van der Waals surface area (Å²) >= 11 is 0. The highest BCUT2D eigenvalue weighted by atomic mass is 19.1. The third-order valence-corrected chi connectivity index (χ3v) is 7.90. The number of hydrogen-bond donors (Lipinski definition) is 3. The third-order valence-electron chi connectivity index (χ3n) is 7.90. The molecule has 39 heavy (non-hydrogen) atoms. The smallest absolute Gasteiger partial charge is 0.274 e. The third kappa shape index (κ3) is 4.71. The highest BCUT2D eigenvalue weighted by molar-refractivity contribution is 5.96. The number of aryl methyl sites for hydroxylation is 1. The molecule has 0 atom stereocenters. The molecule has 2 aromatic carbocycles. The Morgan fingerprint density at radius 3 is 2.56 bits per heavy atom. The van der Waals surface area contributed by atoms with Crippen LogP contribution in [0.1, 0.15) is 19.4 Å². The zero-order chi connectivity index (χ0) is 27.3. The van der Waals surface area contributed by atoms with Crippen molar-refractivity contribution in [1.29, 1.82) is 0 Å². The Morgan fingerprint density at radius 2 is 1.82 bits per heavy atom. The van der Waals surface area contributed by atoms with Gasteiger partial charge in [0.25, 0.3) is 5.56 Å². The molecule has 0 spiro atoms. The predicted octanol–water partition coefficient (Wildman–Crippen LogP) is 3.79. The largest absolute Gasteiger partial charge is 0.454 e. The summed E-state index contributed by atoms with van der Waals surface area (Å²) in [6.07, 6.45) is 3.47. The summed E-state index contributed by atoms with van der Waals surface area (Å²) in [4.78, 5) is 20.2. The Morgan fingerprint density at radius 1 is 1.05 bits per heavy atom. The number of nitrogens with one attached hydrogen (secondary N) is 2. The highest BCUT2D eigenvalue weighted by Crippen LogP contribution is 2.41.